The highest BCUT2D eigenvalue weighted by Crippen LogP contribution is 2.29. The number of hydrogen-bond donors (Lipinski definition) is 2. The van der Waals surface area contributed by atoms with E-state index in [1.54, 1.807) is 6.07 Å². The van der Waals surface area contributed by atoms with E-state index in [4.69, 9.17) is 16.7 Å². The first-order valence-electron chi connectivity index (χ1n) is 4.22. The third-order valence-corrected chi connectivity index (χ3v) is 3.80. The van der Waals surface area contributed by atoms with Gasteiger partial charge in [-0.05, 0) is 13.2 Å². The van der Waals surface area contributed by atoms with Crippen LogP contribution in [0.3, 0.4) is 0 Å². The lowest BCUT2D eigenvalue weighted by Crippen LogP contribution is -2.08. The van der Waals surface area contributed by atoms with Crippen LogP contribution in [0.5, 0.6) is 0 Å². The Bertz CT molecular complexity index is 494. The van der Waals surface area contributed by atoms with Crippen molar-refractivity contribution >= 4 is 34.7 Å². The minimum absolute atomic E-state index is 0.0806. The fourth-order valence-electron chi connectivity index (χ4n) is 0.993. The van der Waals surface area contributed by atoms with Gasteiger partial charge in [0.25, 0.3) is 0 Å². The van der Waals surface area contributed by atoms with Crippen molar-refractivity contribution in [3.8, 4) is 6.07 Å². The number of nitrogen functional groups attached to an aromatic ring is 1. The summed E-state index contributed by atoms with van der Waals surface area (Å²) in [6, 6.07) is 1.78. The lowest BCUT2D eigenvalue weighted by Gasteiger charge is -1.97. The summed E-state index contributed by atoms with van der Waals surface area (Å²) in [7, 11) is 0. The van der Waals surface area contributed by atoms with Crippen LogP contribution in [0.15, 0.2) is 15.6 Å². The van der Waals surface area contributed by atoms with Crippen molar-refractivity contribution in [2.75, 3.05) is 12.0 Å². The number of carbonyl (C=O) groups is 1. The van der Waals surface area contributed by atoms with Crippen molar-refractivity contribution in [3.63, 3.8) is 0 Å². The van der Waals surface area contributed by atoms with Gasteiger partial charge in [-0.2, -0.15) is 5.26 Å². The molecule has 1 aromatic heterocycles. The van der Waals surface area contributed by atoms with Crippen LogP contribution in [0.1, 0.15) is 16.6 Å². The maximum atomic E-state index is 11.9. The van der Waals surface area contributed by atoms with Gasteiger partial charge in [-0.25, -0.2) is 4.98 Å². The van der Waals surface area contributed by atoms with Crippen LogP contribution in [-0.4, -0.2) is 17.0 Å². The van der Waals surface area contributed by atoms with E-state index < -0.39 is 5.78 Å². The van der Waals surface area contributed by atoms with Crippen molar-refractivity contribution in [1.82, 2.24) is 4.98 Å². The van der Waals surface area contributed by atoms with Crippen molar-refractivity contribution in [3.05, 3.63) is 16.1 Å². The Morgan fingerprint density at radius 2 is 2.25 bits per heavy atom. The summed E-state index contributed by atoms with van der Waals surface area (Å²) in [4.78, 5) is 16.1. The van der Waals surface area contributed by atoms with Gasteiger partial charge in [-0.15, -0.1) is 11.3 Å². The molecule has 0 fully saturated rings. The lowest BCUT2D eigenvalue weighted by atomic mass is 10.1. The van der Waals surface area contributed by atoms with Gasteiger partial charge in [0.1, 0.15) is 22.3 Å². The second-order valence-electron chi connectivity index (χ2n) is 2.90. The van der Waals surface area contributed by atoms with Gasteiger partial charge in [-0.3, -0.25) is 4.79 Å². The van der Waals surface area contributed by atoms with E-state index in [0.717, 1.165) is 0 Å². The molecule has 0 spiro atoms. The summed E-state index contributed by atoms with van der Waals surface area (Å²) in [6.45, 7) is 1.50. The summed E-state index contributed by atoms with van der Waals surface area (Å²) in [5, 5.41) is 8.81. The van der Waals surface area contributed by atoms with Gasteiger partial charge in [0.05, 0.1) is 0 Å². The molecule has 0 unspecified atom stereocenters. The van der Waals surface area contributed by atoms with E-state index in [9.17, 15) is 4.79 Å². The molecule has 0 saturated carbocycles. The predicted molar refractivity (Wildman–Crippen MR) is 65.1 cm³/mol. The number of aromatic nitrogens is 1. The van der Waals surface area contributed by atoms with Gasteiger partial charge < -0.3 is 11.5 Å². The van der Waals surface area contributed by atoms with Crippen molar-refractivity contribution in [2.24, 2.45) is 5.73 Å². The number of carbonyl (C=O) groups excluding carboxylic acids is 1. The molecular weight excluding hydrogens is 244 g/mol. The van der Waals surface area contributed by atoms with Gasteiger partial charge in [-0.1, -0.05) is 11.8 Å². The van der Waals surface area contributed by atoms with E-state index in [0.29, 0.717) is 4.34 Å². The summed E-state index contributed by atoms with van der Waals surface area (Å²) < 4.78 is 0.688. The van der Waals surface area contributed by atoms with Crippen molar-refractivity contribution < 1.29 is 4.79 Å². The molecule has 5 nitrogen and oxygen atoms in total. The minimum Gasteiger partial charge on any atom is -0.401 e. The summed E-state index contributed by atoms with van der Waals surface area (Å²) in [6.07, 6.45) is 1.84. The molecule has 7 heteroatoms. The molecule has 0 aliphatic carbocycles. The first-order chi connectivity index (χ1) is 7.51. The molecule has 0 saturated heterocycles. The molecule has 0 aliphatic heterocycles. The fourth-order valence-corrected chi connectivity index (χ4v) is 2.43. The molecule has 0 radical (unpaired) electrons. The van der Waals surface area contributed by atoms with Crippen LogP contribution in [0.4, 0.5) is 5.82 Å². The molecule has 0 aromatic carbocycles. The Kier molecular flexibility index (Phi) is 3.93. The Morgan fingerprint density at radius 1 is 1.62 bits per heavy atom. The number of anilines is 1. The van der Waals surface area contributed by atoms with E-state index in [1.165, 1.54) is 30.0 Å². The number of ketones is 1. The summed E-state index contributed by atoms with van der Waals surface area (Å²) >= 11 is 2.56. The van der Waals surface area contributed by atoms with Gasteiger partial charge in [0.15, 0.2) is 4.34 Å². The Morgan fingerprint density at radius 3 is 2.62 bits per heavy atom. The smallest absolute Gasteiger partial charge is 0.219 e. The molecule has 0 aliphatic rings. The Labute approximate surface area is 101 Å². The number of rotatable bonds is 3. The van der Waals surface area contributed by atoms with Crippen LogP contribution in [0, 0.1) is 11.3 Å². The average Bonchev–Trinajstić information content (AvgIpc) is 2.60. The van der Waals surface area contributed by atoms with E-state index in [2.05, 4.69) is 4.98 Å². The molecule has 16 heavy (non-hydrogen) atoms. The van der Waals surface area contributed by atoms with E-state index >= 15 is 0 Å². The van der Waals surface area contributed by atoms with Gasteiger partial charge in [0.2, 0.25) is 5.78 Å². The van der Waals surface area contributed by atoms with Crippen molar-refractivity contribution in [1.29, 1.82) is 5.26 Å². The maximum absolute atomic E-state index is 11.9. The molecule has 0 amide bonds. The average molecular weight is 254 g/mol. The van der Waals surface area contributed by atoms with Crippen LogP contribution in [0.25, 0.3) is 0 Å². The first kappa shape index (κ1) is 12.5. The van der Waals surface area contributed by atoms with Crippen LogP contribution >= 0.6 is 23.1 Å². The molecule has 4 N–H and O–H groups in total. The lowest BCUT2D eigenvalue weighted by molar-refractivity contribution is 0.104. The predicted octanol–water partition coefficient (Wildman–Crippen LogP) is 1.39. The zero-order valence-corrected chi connectivity index (χ0v) is 10.4. The number of hydrogen-bond acceptors (Lipinski definition) is 7. The number of nitrogens with zero attached hydrogens (tertiary/aromatic N) is 2. The number of nitriles is 1. The zero-order chi connectivity index (χ0) is 12.3. The molecule has 1 heterocycles. The van der Waals surface area contributed by atoms with Gasteiger partial charge >= 0.3 is 0 Å². The topological polar surface area (TPSA) is 106 Å². The number of Topliss-reactive ketones (excluding diaryl/α,β-unsaturated/α-hetero) is 1. The summed E-state index contributed by atoms with van der Waals surface area (Å²) in [5.41, 5.74) is 11.2. The highest BCUT2D eigenvalue weighted by molar-refractivity contribution is 8.00. The Hall–Kier alpha value is -1.52. The number of thioether (sulfide) groups is 1. The normalized spacial score (nSPS) is 11.8. The second kappa shape index (κ2) is 5.01. The van der Waals surface area contributed by atoms with Crippen LogP contribution in [-0.2, 0) is 0 Å². The standard InChI is InChI=1S/C9H10N4OS2/c1-4(11)5(3-10)6(14)7-8(12)13-9(15-2)16-7/h11-12H2,1-2H3/b5-4-. The third kappa shape index (κ3) is 2.35. The maximum Gasteiger partial charge on any atom is 0.219 e. The quantitative estimate of drug-likeness (QED) is 0.365. The van der Waals surface area contributed by atoms with Crippen LogP contribution in [0.2, 0.25) is 0 Å². The SMILES string of the molecule is CSc1nc(N)c(C(=O)/C(C#N)=C(/C)N)s1. The third-order valence-electron chi connectivity index (χ3n) is 1.75. The molecule has 0 atom stereocenters. The first-order valence-corrected chi connectivity index (χ1v) is 6.26. The monoisotopic (exact) mass is 254 g/mol. The number of nitrogens with two attached hydrogens (primary N) is 2. The van der Waals surface area contributed by atoms with E-state index in [1.807, 2.05) is 6.26 Å². The van der Waals surface area contributed by atoms with E-state index in [-0.39, 0.29) is 22.0 Å². The summed E-state index contributed by atoms with van der Waals surface area (Å²) in [5.74, 6) is -0.314. The molecular formula is C9H10N4OS2. The second-order valence-corrected chi connectivity index (χ2v) is 4.95. The highest BCUT2D eigenvalue weighted by Gasteiger charge is 2.20. The minimum atomic E-state index is -0.460. The highest BCUT2D eigenvalue weighted by atomic mass is 32.2. The number of thiazole rings is 1. The molecule has 1 aromatic rings. The van der Waals surface area contributed by atoms with Crippen LogP contribution < -0.4 is 11.5 Å². The molecule has 1 rings (SSSR count). The van der Waals surface area contributed by atoms with Crippen molar-refractivity contribution in [2.45, 2.75) is 11.3 Å². The Balaban J connectivity index is 3.20. The largest absolute Gasteiger partial charge is 0.401 e. The fraction of sp³-hybridized carbons (Fsp3) is 0.222. The molecule has 84 valence electrons. The van der Waals surface area contributed by atoms with Gasteiger partial charge in [0, 0.05) is 5.70 Å². The number of allylic oxidation sites excluding steroid dienone is 2. The molecule has 0 bridgehead atoms. The zero-order valence-electron chi connectivity index (χ0n) is 8.77.